The number of benzene rings is 2. The number of carboxylic acid groups (broad SMARTS) is 1. The van der Waals surface area contributed by atoms with E-state index in [4.69, 9.17) is 5.73 Å². The number of nitrogens with two attached hydrogens (primary N) is 1. The van der Waals surface area contributed by atoms with Crippen molar-refractivity contribution in [1.29, 1.82) is 0 Å². The standard InChI is InChI=1S/C26H34N4O6/c1-15(2)22(27)25(34)28-16(3)23(32)29-20(13-17-7-5-4-6-8-17)24(33)30-21(26(35)36)14-18-9-11-19(31)12-10-18/h4-12,15-16,20-22,31H,13-14,27H2,1-3H3,(H,28,34)(H,29,32)(H,30,33)(H,35,36). The third-order valence-corrected chi connectivity index (χ3v) is 5.68. The summed E-state index contributed by atoms with van der Waals surface area (Å²) in [5.41, 5.74) is 7.19. The van der Waals surface area contributed by atoms with Crippen LogP contribution in [0.1, 0.15) is 31.9 Å². The lowest BCUT2D eigenvalue weighted by Gasteiger charge is -2.24. The van der Waals surface area contributed by atoms with Gasteiger partial charge in [-0.3, -0.25) is 14.4 Å². The lowest BCUT2D eigenvalue weighted by atomic mass is 10.0. The number of phenols is 1. The Morgan fingerprint density at radius 2 is 1.28 bits per heavy atom. The predicted molar refractivity (Wildman–Crippen MR) is 134 cm³/mol. The van der Waals surface area contributed by atoms with Crippen molar-refractivity contribution >= 4 is 23.7 Å². The molecule has 194 valence electrons. The summed E-state index contributed by atoms with van der Waals surface area (Å²) < 4.78 is 0. The van der Waals surface area contributed by atoms with Crippen molar-refractivity contribution in [3.8, 4) is 5.75 Å². The van der Waals surface area contributed by atoms with Gasteiger partial charge >= 0.3 is 5.97 Å². The van der Waals surface area contributed by atoms with Crippen LogP contribution in [0.3, 0.4) is 0 Å². The summed E-state index contributed by atoms with van der Waals surface area (Å²) in [7, 11) is 0. The van der Waals surface area contributed by atoms with Gasteiger partial charge in [0.25, 0.3) is 0 Å². The van der Waals surface area contributed by atoms with Crippen LogP contribution in [0, 0.1) is 5.92 Å². The van der Waals surface area contributed by atoms with E-state index in [1.54, 1.807) is 50.2 Å². The first kappa shape index (κ1) is 28.3. The van der Waals surface area contributed by atoms with Crippen molar-refractivity contribution < 1.29 is 29.4 Å². The number of rotatable bonds is 12. The van der Waals surface area contributed by atoms with E-state index in [0.717, 1.165) is 5.56 Å². The molecule has 0 radical (unpaired) electrons. The van der Waals surface area contributed by atoms with Crippen LogP contribution in [0.2, 0.25) is 0 Å². The average Bonchev–Trinajstić information content (AvgIpc) is 2.84. The maximum atomic E-state index is 13.1. The van der Waals surface area contributed by atoms with Crippen LogP contribution in [0.15, 0.2) is 54.6 Å². The lowest BCUT2D eigenvalue weighted by Crippen LogP contribution is -2.57. The minimum Gasteiger partial charge on any atom is -0.508 e. The fourth-order valence-electron chi connectivity index (χ4n) is 3.37. The third kappa shape index (κ3) is 8.70. The van der Waals surface area contributed by atoms with E-state index >= 15 is 0 Å². The molecule has 0 heterocycles. The third-order valence-electron chi connectivity index (χ3n) is 5.68. The number of carbonyl (C=O) groups excluding carboxylic acids is 3. The van der Waals surface area contributed by atoms with Gasteiger partial charge in [-0.2, -0.15) is 0 Å². The zero-order valence-corrected chi connectivity index (χ0v) is 20.6. The molecular weight excluding hydrogens is 464 g/mol. The highest BCUT2D eigenvalue weighted by molar-refractivity contribution is 5.94. The Hall–Kier alpha value is -3.92. The number of nitrogens with one attached hydrogen (secondary N) is 3. The van der Waals surface area contributed by atoms with Crippen LogP contribution in [-0.4, -0.2) is 58.1 Å². The Labute approximate surface area is 210 Å². The minimum atomic E-state index is -1.27. The molecule has 7 N–H and O–H groups in total. The van der Waals surface area contributed by atoms with Crippen LogP contribution in [0.5, 0.6) is 5.75 Å². The normalized spacial score (nSPS) is 14.2. The fraction of sp³-hybridized carbons (Fsp3) is 0.385. The SMILES string of the molecule is CC(NC(=O)C(N)C(C)C)C(=O)NC(Cc1ccccc1)C(=O)NC(Cc1ccc(O)cc1)C(=O)O. The Morgan fingerprint density at radius 1 is 0.750 bits per heavy atom. The quantitative estimate of drug-likeness (QED) is 0.250. The molecule has 0 saturated carbocycles. The average molecular weight is 499 g/mol. The van der Waals surface area contributed by atoms with E-state index < -0.39 is 47.9 Å². The Morgan fingerprint density at radius 3 is 1.83 bits per heavy atom. The van der Waals surface area contributed by atoms with Gasteiger partial charge in [0.15, 0.2) is 0 Å². The van der Waals surface area contributed by atoms with Crippen molar-refractivity contribution in [2.75, 3.05) is 0 Å². The van der Waals surface area contributed by atoms with Gasteiger partial charge in [-0.15, -0.1) is 0 Å². The summed E-state index contributed by atoms with van der Waals surface area (Å²) in [4.78, 5) is 50.1. The molecule has 36 heavy (non-hydrogen) atoms. The lowest BCUT2D eigenvalue weighted by molar-refractivity contribution is -0.142. The van der Waals surface area contributed by atoms with E-state index in [9.17, 15) is 29.4 Å². The molecule has 3 amide bonds. The summed E-state index contributed by atoms with van der Waals surface area (Å²) in [5, 5.41) is 26.8. The number of carbonyl (C=O) groups is 4. The second-order valence-corrected chi connectivity index (χ2v) is 9.02. The van der Waals surface area contributed by atoms with Crippen molar-refractivity contribution in [3.05, 3.63) is 65.7 Å². The highest BCUT2D eigenvalue weighted by Crippen LogP contribution is 2.12. The predicted octanol–water partition coefficient (Wildman–Crippen LogP) is 0.720. The summed E-state index contributed by atoms with van der Waals surface area (Å²) >= 11 is 0. The molecule has 0 fully saturated rings. The zero-order valence-electron chi connectivity index (χ0n) is 20.6. The molecule has 0 bridgehead atoms. The van der Waals surface area contributed by atoms with Gasteiger partial charge in [-0.25, -0.2) is 4.79 Å². The van der Waals surface area contributed by atoms with Gasteiger partial charge in [-0.05, 0) is 36.1 Å². The number of hydrogen-bond donors (Lipinski definition) is 6. The Bertz CT molecular complexity index is 1040. The van der Waals surface area contributed by atoms with E-state index in [1.165, 1.54) is 19.1 Å². The zero-order chi connectivity index (χ0) is 26.8. The van der Waals surface area contributed by atoms with Crippen molar-refractivity contribution in [1.82, 2.24) is 16.0 Å². The molecule has 0 aromatic heterocycles. The van der Waals surface area contributed by atoms with E-state index in [2.05, 4.69) is 16.0 Å². The van der Waals surface area contributed by atoms with Gasteiger partial charge in [0.05, 0.1) is 6.04 Å². The van der Waals surface area contributed by atoms with Gasteiger partial charge in [0.2, 0.25) is 17.7 Å². The van der Waals surface area contributed by atoms with Crippen LogP contribution < -0.4 is 21.7 Å². The highest BCUT2D eigenvalue weighted by Gasteiger charge is 2.29. The largest absolute Gasteiger partial charge is 0.508 e. The molecule has 2 rings (SSSR count). The monoisotopic (exact) mass is 498 g/mol. The second-order valence-electron chi connectivity index (χ2n) is 9.02. The molecule has 0 spiro atoms. The Balaban J connectivity index is 2.15. The van der Waals surface area contributed by atoms with E-state index in [-0.39, 0.29) is 24.5 Å². The Kier molecular flexibility index (Phi) is 10.4. The molecule has 10 nitrogen and oxygen atoms in total. The number of amides is 3. The van der Waals surface area contributed by atoms with Gasteiger partial charge < -0.3 is 31.9 Å². The molecule has 2 aromatic carbocycles. The molecule has 0 aliphatic carbocycles. The maximum absolute atomic E-state index is 13.1. The molecule has 10 heteroatoms. The second kappa shape index (κ2) is 13.2. The number of aliphatic carboxylic acids is 1. The molecule has 0 aliphatic rings. The first-order chi connectivity index (χ1) is 17.0. The van der Waals surface area contributed by atoms with E-state index in [0.29, 0.717) is 5.56 Å². The summed E-state index contributed by atoms with van der Waals surface area (Å²) in [6.07, 6.45) is 0.0864. The van der Waals surface area contributed by atoms with Gasteiger partial charge in [0, 0.05) is 12.8 Å². The van der Waals surface area contributed by atoms with Crippen LogP contribution in [-0.2, 0) is 32.0 Å². The molecule has 4 unspecified atom stereocenters. The van der Waals surface area contributed by atoms with Gasteiger partial charge in [-0.1, -0.05) is 56.3 Å². The molecule has 0 aliphatic heterocycles. The molecular formula is C26H34N4O6. The van der Waals surface area contributed by atoms with Crippen LogP contribution in [0.4, 0.5) is 0 Å². The van der Waals surface area contributed by atoms with Crippen molar-refractivity contribution in [2.24, 2.45) is 11.7 Å². The number of carboxylic acids is 1. The first-order valence-electron chi connectivity index (χ1n) is 11.7. The van der Waals surface area contributed by atoms with E-state index in [1.807, 2.05) is 6.07 Å². The molecule has 4 atom stereocenters. The number of aromatic hydroxyl groups is 1. The maximum Gasteiger partial charge on any atom is 0.326 e. The minimum absolute atomic E-state index is 0.0209. The molecule has 2 aromatic rings. The van der Waals surface area contributed by atoms with Crippen LogP contribution in [0.25, 0.3) is 0 Å². The smallest absolute Gasteiger partial charge is 0.326 e. The molecule has 0 saturated heterocycles. The summed E-state index contributed by atoms with van der Waals surface area (Å²) in [5.74, 6) is -3.12. The van der Waals surface area contributed by atoms with Crippen molar-refractivity contribution in [2.45, 2.75) is 57.8 Å². The topological polar surface area (TPSA) is 171 Å². The van der Waals surface area contributed by atoms with Crippen molar-refractivity contribution in [3.63, 3.8) is 0 Å². The first-order valence-corrected chi connectivity index (χ1v) is 11.7. The number of phenolic OH excluding ortho intramolecular Hbond substituents is 1. The fourth-order valence-corrected chi connectivity index (χ4v) is 3.37. The van der Waals surface area contributed by atoms with Crippen LogP contribution >= 0.6 is 0 Å². The highest BCUT2D eigenvalue weighted by atomic mass is 16.4. The summed E-state index contributed by atoms with van der Waals surface area (Å²) in [6.45, 7) is 5.04. The number of hydrogen-bond acceptors (Lipinski definition) is 6. The summed E-state index contributed by atoms with van der Waals surface area (Å²) in [6, 6.07) is 10.8. The van der Waals surface area contributed by atoms with Gasteiger partial charge in [0.1, 0.15) is 23.9 Å².